The van der Waals surface area contributed by atoms with Gasteiger partial charge in [-0.25, -0.2) is 9.78 Å². The Labute approximate surface area is 136 Å². The van der Waals surface area contributed by atoms with Crippen LogP contribution in [0.25, 0.3) is 33.4 Å². The van der Waals surface area contributed by atoms with E-state index in [2.05, 4.69) is 20.4 Å². The number of rotatable bonds is 3. The third kappa shape index (κ3) is 2.23. The highest BCUT2D eigenvalue weighted by Crippen LogP contribution is 2.27. The summed E-state index contributed by atoms with van der Waals surface area (Å²) in [6.07, 6.45) is 1.79. The fraction of sp³-hybridized carbons (Fsp3) is 0.0588. The van der Waals surface area contributed by atoms with Crippen LogP contribution in [-0.4, -0.2) is 36.0 Å². The van der Waals surface area contributed by atoms with Crippen molar-refractivity contribution >= 4 is 17.0 Å². The third-order valence-corrected chi connectivity index (χ3v) is 3.97. The van der Waals surface area contributed by atoms with E-state index in [1.165, 1.54) is 0 Å². The number of hydrogen-bond acceptors (Lipinski definition) is 4. The van der Waals surface area contributed by atoms with E-state index in [0.29, 0.717) is 11.3 Å². The number of aromatic nitrogens is 5. The van der Waals surface area contributed by atoms with Crippen molar-refractivity contribution in [2.45, 2.75) is 0 Å². The molecular formula is C17H13N5O2. The van der Waals surface area contributed by atoms with E-state index in [9.17, 15) is 4.79 Å². The van der Waals surface area contributed by atoms with Crippen molar-refractivity contribution in [2.75, 3.05) is 0 Å². The zero-order valence-electron chi connectivity index (χ0n) is 12.8. The van der Waals surface area contributed by atoms with Crippen molar-refractivity contribution in [3.05, 3.63) is 54.5 Å². The topological polar surface area (TPSA) is 96.7 Å². The standard InChI is InChI=1S/C17H13N5O2/c1-22-9-18-13-8-12(6-7-14(13)22)10-2-4-11(5-3-10)15-16(17(23)24)20-21-19-15/h2-9H,1H3,(H,23,24)(H,19,20,21). The van der Waals surface area contributed by atoms with E-state index >= 15 is 0 Å². The number of aryl methyl sites for hydroxylation is 1. The molecule has 2 N–H and O–H groups in total. The molecule has 4 aromatic rings. The van der Waals surface area contributed by atoms with Gasteiger partial charge in [-0.05, 0) is 23.3 Å². The molecule has 118 valence electrons. The second-order valence-electron chi connectivity index (χ2n) is 5.46. The van der Waals surface area contributed by atoms with E-state index in [4.69, 9.17) is 5.11 Å². The maximum atomic E-state index is 11.1. The number of nitrogens with zero attached hydrogens (tertiary/aromatic N) is 4. The van der Waals surface area contributed by atoms with E-state index < -0.39 is 5.97 Å². The van der Waals surface area contributed by atoms with Crippen LogP contribution < -0.4 is 0 Å². The lowest BCUT2D eigenvalue weighted by molar-refractivity contribution is 0.0691. The molecule has 0 aliphatic heterocycles. The first-order valence-electron chi connectivity index (χ1n) is 7.29. The minimum absolute atomic E-state index is 0.0855. The number of H-pyrrole nitrogens is 1. The van der Waals surface area contributed by atoms with Crippen molar-refractivity contribution in [2.24, 2.45) is 7.05 Å². The van der Waals surface area contributed by atoms with Crippen LogP contribution in [0.15, 0.2) is 48.8 Å². The average Bonchev–Trinajstić information content (AvgIpc) is 3.22. The Morgan fingerprint density at radius 3 is 2.50 bits per heavy atom. The molecule has 0 atom stereocenters. The van der Waals surface area contributed by atoms with Crippen molar-refractivity contribution in [3.8, 4) is 22.4 Å². The number of nitrogens with one attached hydrogen (secondary N) is 1. The maximum Gasteiger partial charge on any atom is 0.358 e. The Morgan fingerprint density at radius 2 is 1.75 bits per heavy atom. The van der Waals surface area contributed by atoms with E-state index in [1.807, 2.05) is 54.1 Å². The van der Waals surface area contributed by atoms with Gasteiger partial charge in [-0.3, -0.25) is 0 Å². The lowest BCUT2D eigenvalue weighted by Crippen LogP contribution is -1.99. The molecule has 0 unspecified atom stereocenters. The number of benzene rings is 2. The summed E-state index contributed by atoms with van der Waals surface area (Å²) < 4.78 is 1.97. The molecule has 0 saturated carbocycles. The van der Waals surface area contributed by atoms with E-state index in [1.54, 1.807) is 6.33 Å². The quantitative estimate of drug-likeness (QED) is 0.605. The van der Waals surface area contributed by atoms with Gasteiger partial charge in [0.15, 0.2) is 5.69 Å². The molecule has 7 nitrogen and oxygen atoms in total. The van der Waals surface area contributed by atoms with Crippen molar-refractivity contribution in [3.63, 3.8) is 0 Å². The number of carboxylic acid groups (broad SMARTS) is 1. The molecular weight excluding hydrogens is 306 g/mol. The Morgan fingerprint density at radius 1 is 1.04 bits per heavy atom. The van der Waals surface area contributed by atoms with E-state index in [0.717, 1.165) is 22.2 Å². The number of aromatic carboxylic acids is 1. The first-order valence-corrected chi connectivity index (χ1v) is 7.29. The second-order valence-corrected chi connectivity index (χ2v) is 5.46. The molecule has 0 bridgehead atoms. The average molecular weight is 319 g/mol. The number of hydrogen-bond donors (Lipinski definition) is 2. The molecule has 0 spiro atoms. The second kappa shape index (κ2) is 5.31. The summed E-state index contributed by atoms with van der Waals surface area (Å²) in [5.41, 5.74) is 5.02. The first-order chi connectivity index (χ1) is 11.6. The summed E-state index contributed by atoms with van der Waals surface area (Å²) in [4.78, 5) is 15.5. The molecule has 7 heteroatoms. The Balaban J connectivity index is 1.72. The highest BCUT2D eigenvalue weighted by molar-refractivity contribution is 5.92. The number of imidazole rings is 1. The normalized spacial score (nSPS) is 11.0. The van der Waals surface area contributed by atoms with Crippen molar-refractivity contribution in [1.82, 2.24) is 25.0 Å². The zero-order chi connectivity index (χ0) is 16.7. The maximum absolute atomic E-state index is 11.1. The molecule has 0 amide bonds. The summed E-state index contributed by atoms with van der Waals surface area (Å²) in [5.74, 6) is -1.11. The van der Waals surface area contributed by atoms with Gasteiger partial charge in [-0.1, -0.05) is 30.3 Å². The van der Waals surface area contributed by atoms with Gasteiger partial charge in [0.25, 0.3) is 0 Å². The van der Waals surface area contributed by atoms with Crippen LogP contribution in [0.3, 0.4) is 0 Å². The van der Waals surface area contributed by atoms with Gasteiger partial charge in [-0.15, -0.1) is 5.10 Å². The Hall–Kier alpha value is -3.48. The lowest BCUT2D eigenvalue weighted by atomic mass is 10.0. The van der Waals surface area contributed by atoms with Crippen LogP contribution in [0.2, 0.25) is 0 Å². The largest absolute Gasteiger partial charge is 0.476 e. The highest BCUT2D eigenvalue weighted by atomic mass is 16.4. The number of carboxylic acids is 1. The molecule has 0 aliphatic carbocycles. The summed E-state index contributed by atoms with van der Waals surface area (Å²) >= 11 is 0. The predicted molar refractivity (Wildman–Crippen MR) is 88.5 cm³/mol. The molecule has 4 rings (SSSR count). The number of carbonyl (C=O) groups is 1. The fourth-order valence-corrected chi connectivity index (χ4v) is 2.72. The van der Waals surface area contributed by atoms with Gasteiger partial charge in [0.2, 0.25) is 0 Å². The molecule has 0 fully saturated rings. The predicted octanol–water partition coefficient (Wildman–Crippen LogP) is 2.72. The SMILES string of the molecule is Cn1cnc2cc(-c3ccc(-c4n[nH]nc4C(=O)O)cc3)ccc21. The van der Waals surface area contributed by atoms with Crippen LogP contribution in [0.4, 0.5) is 0 Å². The zero-order valence-corrected chi connectivity index (χ0v) is 12.8. The number of aromatic amines is 1. The molecule has 2 aromatic carbocycles. The van der Waals surface area contributed by atoms with Gasteiger partial charge >= 0.3 is 5.97 Å². The summed E-state index contributed by atoms with van der Waals surface area (Å²) in [6, 6.07) is 13.6. The first kappa shape index (κ1) is 14.1. The molecule has 24 heavy (non-hydrogen) atoms. The van der Waals surface area contributed by atoms with Crippen molar-refractivity contribution in [1.29, 1.82) is 0 Å². The monoisotopic (exact) mass is 319 g/mol. The Bertz CT molecular complexity index is 1050. The molecule has 0 saturated heterocycles. The molecule has 2 aromatic heterocycles. The van der Waals surface area contributed by atoms with Crippen LogP contribution >= 0.6 is 0 Å². The van der Waals surface area contributed by atoms with Crippen LogP contribution in [0.1, 0.15) is 10.5 Å². The summed E-state index contributed by atoms with van der Waals surface area (Å²) in [7, 11) is 1.96. The molecule has 0 radical (unpaired) electrons. The minimum Gasteiger partial charge on any atom is -0.476 e. The smallest absolute Gasteiger partial charge is 0.358 e. The van der Waals surface area contributed by atoms with Gasteiger partial charge in [0.05, 0.1) is 17.4 Å². The van der Waals surface area contributed by atoms with E-state index in [-0.39, 0.29) is 5.69 Å². The number of fused-ring (bicyclic) bond motifs is 1. The van der Waals surface area contributed by atoms with Gasteiger partial charge in [-0.2, -0.15) is 10.3 Å². The van der Waals surface area contributed by atoms with Gasteiger partial charge in [0.1, 0.15) is 5.69 Å². The highest BCUT2D eigenvalue weighted by Gasteiger charge is 2.16. The van der Waals surface area contributed by atoms with Crippen LogP contribution in [-0.2, 0) is 7.05 Å². The van der Waals surface area contributed by atoms with Crippen molar-refractivity contribution < 1.29 is 9.90 Å². The van der Waals surface area contributed by atoms with Gasteiger partial charge in [0, 0.05) is 12.6 Å². The molecule has 0 aliphatic rings. The third-order valence-electron chi connectivity index (χ3n) is 3.97. The molecule has 2 heterocycles. The Kier molecular flexibility index (Phi) is 3.13. The van der Waals surface area contributed by atoms with Gasteiger partial charge < -0.3 is 9.67 Å². The lowest BCUT2D eigenvalue weighted by Gasteiger charge is -2.04. The minimum atomic E-state index is -1.11. The van der Waals surface area contributed by atoms with Crippen LogP contribution in [0, 0.1) is 0 Å². The fourth-order valence-electron chi connectivity index (χ4n) is 2.72. The van der Waals surface area contributed by atoms with Crippen LogP contribution in [0.5, 0.6) is 0 Å². The summed E-state index contributed by atoms with van der Waals surface area (Å²) in [5, 5.41) is 19.1. The summed E-state index contributed by atoms with van der Waals surface area (Å²) in [6.45, 7) is 0.